The number of carbonyl (C=O) groups is 1. The Labute approximate surface area is 143 Å². The fraction of sp³-hybridized carbons (Fsp3) is 0.211. The largest absolute Gasteiger partial charge is 0.374 e. The molecule has 0 unspecified atom stereocenters. The highest BCUT2D eigenvalue weighted by Crippen LogP contribution is 2.40. The Morgan fingerprint density at radius 3 is 2.72 bits per heavy atom. The Kier molecular flexibility index (Phi) is 3.24. The second kappa shape index (κ2) is 5.23. The van der Waals surface area contributed by atoms with Gasteiger partial charge in [-0.15, -0.1) is 0 Å². The number of carbonyl (C=O) groups excluding carboxylic acids is 1. The van der Waals surface area contributed by atoms with Gasteiger partial charge >= 0.3 is 0 Å². The summed E-state index contributed by atoms with van der Waals surface area (Å²) < 4.78 is 13.8. The fourth-order valence-electron chi connectivity index (χ4n) is 3.33. The molecule has 2 aliphatic rings. The van der Waals surface area contributed by atoms with E-state index in [1.165, 1.54) is 6.07 Å². The molecule has 0 bridgehead atoms. The number of halogens is 1. The lowest BCUT2D eigenvalue weighted by Gasteiger charge is -2.29. The Balaban J connectivity index is 1.84. The SMILES string of the molecule is Cc1cc2c(cc1F)C(=O)[C@]1(O)CCN(c3ccc(C#N)cc3)C1=N2. The van der Waals surface area contributed by atoms with Crippen LogP contribution in [0.5, 0.6) is 0 Å². The van der Waals surface area contributed by atoms with E-state index in [-0.39, 0.29) is 17.8 Å². The molecule has 1 atom stereocenters. The molecule has 124 valence electrons. The van der Waals surface area contributed by atoms with E-state index in [1.807, 2.05) is 0 Å². The third kappa shape index (κ3) is 2.17. The van der Waals surface area contributed by atoms with Crippen molar-refractivity contribution in [3.63, 3.8) is 0 Å². The van der Waals surface area contributed by atoms with E-state index >= 15 is 0 Å². The summed E-state index contributed by atoms with van der Waals surface area (Å²) in [5.74, 6) is -0.764. The van der Waals surface area contributed by atoms with Gasteiger partial charge in [0.1, 0.15) is 11.7 Å². The first kappa shape index (κ1) is 15.5. The van der Waals surface area contributed by atoms with Gasteiger partial charge in [-0.05, 0) is 48.9 Å². The number of hydrogen-bond donors (Lipinski definition) is 1. The molecule has 2 aliphatic heterocycles. The van der Waals surface area contributed by atoms with Crippen molar-refractivity contribution in [2.24, 2.45) is 4.99 Å². The summed E-state index contributed by atoms with van der Waals surface area (Å²) in [6.07, 6.45) is 0.180. The molecule has 0 spiro atoms. The number of hydrogen-bond acceptors (Lipinski definition) is 5. The molecule has 25 heavy (non-hydrogen) atoms. The van der Waals surface area contributed by atoms with Gasteiger partial charge in [-0.1, -0.05) is 0 Å². The monoisotopic (exact) mass is 335 g/mol. The number of aliphatic imine (C=N–C) groups is 1. The van der Waals surface area contributed by atoms with Crippen molar-refractivity contribution in [1.82, 2.24) is 0 Å². The Hall–Kier alpha value is -3.04. The number of anilines is 1. The van der Waals surface area contributed by atoms with Gasteiger partial charge < -0.3 is 10.0 Å². The number of aryl methyl sites for hydroxylation is 1. The molecule has 2 heterocycles. The molecule has 4 rings (SSSR count). The first-order valence-corrected chi connectivity index (χ1v) is 7.88. The Morgan fingerprint density at radius 1 is 1.32 bits per heavy atom. The fourth-order valence-corrected chi connectivity index (χ4v) is 3.33. The summed E-state index contributed by atoms with van der Waals surface area (Å²) in [5.41, 5.74) is 0.382. The van der Waals surface area contributed by atoms with Gasteiger partial charge in [0.05, 0.1) is 17.3 Å². The summed E-state index contributed by atoms with van der Waals surface area (Å²) in [4.78, 5) is 19.0. The highest BCUT2D eigenvalue weighted by molar-refractivity contribution is 6.28. The lowest BCUT2D eigenvalue weighted by molar-refractivity contribution is 0.0601. The van der Waals surface area contributed by atoms with E-state index in [4.69, 9.17) is 5.26 Å². The van der Waals surface area contributed by atoms with Gasteiger partial charge in [0.25, 0.3) is 0 Å². The van der Waals surface area contributed by atoms with Gasteiger partial charge in [-0.3, -0.25) is 4.79 Å². The molecule has 2 aromatic rings. The van der Waals surface area contributed by atoms with E-state index in [1.54, 1.807) is 36.1 Å². The number of fused-ring (bicyclic) bond motifs is 2. The molecule has 1 fully saturated rings. The minimum absolute atomic E-state index is 0.107. The summed E-state index contributed by atoms with van der Waals surface area (Å²) in [5, 5.41) is 19.8. The average molecular weight is 335 g/mol. The second-order valence-electron chi connectivity index (χ2n) is 6.30. The number of aliphatic hydroxyl groups is 1. The lowest BCUT2D eigenvalue weighted by Crippen LogP contribution is -2.48. The van der Waals surface area contributed by atoms with Crippen LogP contribution in [-0.2, 0) is 0 Å². The van der Waals surface area contributed by atoms with E-state index in [0.29, 0.717) is 23.4 Å². The van der Waals surface area contributed by atoms with Crippen LogP contribution in [0, 0.1) is 24.1 Å². The summed E-state index contributed by atoms with van der Waals surface area (Å²) >= 11 is 0. The molecule has 1 saturated heterocycles. The maximum absolute atomic E-state index is 13.8. The highest BCUT2D eigenvalue weighted by atomic mass is 19.1. The minimum atomic E-state index is -1.75. The van der Waals surface area contributed by atoms with Crippen molar-refractivity contribution >= 4 is 23.0 Å². The van der Waals surface area contributed by atoms with Crippen molar-refractivity contribution in [2.45, 2.75) is 18.9 Å². The molecular formula is C19H14FN3O2. The zero-order valence-corrected chi connectivity index (χ0v) is 13.5. The average Bonchev–Trinajstić information content (AvgIpc) is 2.95. The number of Topliss-reactive ketones (excluding diaryl/α,β-unsaturated/α-hetero) is 1. The highest BCUT2D eigenvalue weighted by Gasteiger charge is 2.52. The van der Waals surface area contributed by atoms with Gasteiger partial charge in [-0.2, -0.15) is 5.26 Å². The number of rotatable bonds is 1. The van der Waals surface area contributed by atoms with Crippen LogP contribution in [0.15, 0.2) is 41.4 Å². The molecule has 6 heteroatoms. The molecule has 5 nitrogen and oxygen atoms in total. The maximum Gasteiger partial charge on any atom is 0.204 e. The number of amidine groups is 1. The van der Waals surface area contributed by atoms with Crippen LogP contribution in [0.3, 0.4) is 0 Å². The van der Waals surface area contributed by atoms with Crippen molar-refractivity contribution in [1.29, 1.82) is 5.26 Å². The van der Waals surface area contributed by atoms with E-state index in [2.05, 4.69) is 11.1 Å². The van der Waals surface area contributed by atoms with Gasteiger partial charge in [0.15, 0.2) is 5.60 Å². The molecule has 0 radical (unpaired) electrons. The van der Waals surface area contributed by atoms with Gasteiger partial charge in [0.2, 0.25) is 5.78 Å². The van der Waals surface area contributed by atoms with E-state index < -0.39 is 17.2 Å². The van der Waals surface area contributed by atoms with E-state index in [0.717, 1.165) is 11.8 Å². The molecule has 0 saturated carbocycles. The van der Waals surface area contributed by atoms with Crippen LogP contribution in [0.4, 0.5) is 15.8 Å². The molecule has 0 aromatic heterocycles. The third-order valence-electron chi connectivity index (χ3n) is 4.75. The van der Waals surface area contributed by atoms with Gasteiger partial charge in [0, 0.05) is 24.2 Å². The zero-order chi connectivity index (χ0) is 17.8. The van der Waals surface area contributed by atoms with Crippen LogP contribution < -0.4 is 4.90 Å². The molecule has 0 aliphatic carbocycles. The minimum Gasteiger partial charge on any atom is -0.374 e. The van der Waals surface area contributed by atoms with Crippen LogP contribution in [-0.4, -0.2) is 28.9 Å². The zero-order valence-electron chi connectivity index (χ0n) is 13.5. The normalized spacial score (nSPS) is 21.4. The Bertz CT molecular complexity index is 975. The number of nitriles is 1. The number of benzene rings is 2. The Morgan fingerprint density at radius 2 is 2.04 bits per heavy atom. The predicted octanol–water partition coefficient (Wildman–Crippen LogP) is 2.87. The van der Waals surface area contributed by atoms with E-state index in [9.17, 15) is 14.3 Å². The standard InChI is InChI=1S/C19H14FN3O2/c1-11-8-16-14(9-15(11)20)17(24)19(25)6-7-23(18(19)22-16)13-4-2-12(10-21)3-5-13/h2-5,8-9,25H,6-7H2,1H3/t19-/m1/s1. The third-order valence-corrected chi connectivity index (χ3v) is 4.75. The maximum atomic E-state index is 13.8. The van der Waals surface area contributed by atoms with Crippen molar-refractivity contribution < 1.29 is 14.3 Å². The van der Waals surface area contributed by atoms with Crippen LogP contribution in [0.1, 0.15) is 27.9 Å². The summed E-state index contributed by atoms with van der Waals surface area (Å²) in [6, 6.07) is 11.6. The number of ketones is 1. The quantitative estimate of drug-likeness (QED) is 0.869. The van der Waals surface area contributed by atoms with Crippen LogP contribution in [0.2, 0.25) is 0 Å². The van der Waals surface area contributed by atoms with Crippen molar-refractivity contribution in [2.75, 3.05) is 11.4 Å². The van der Waals surface area contributed by atoms with Gasteiger partial charge in [-0.25, -0.2) is 9.38 Å². The van der Waals surface area contributed by atoms with Crippen molar-refractivity contribution in [3.05, 3.63) is 58.9 Å². The summed E-state index contributed by atoms with van der Waals surface area (Å²) in [7, 11) is 0. The lowest BCUT2D eigenvalue weighted by atomic mass is 9.87. The predicted molar refractivity (Wildman–Crippen MR) is 90.6 cm³/mol. The molecule has 2 aromatic carbocycles. The van der Waals surface area contributed by atoms with Crippen molar-refractivity contribution in [3.8, 4) is 6.07 Å². The van der Waals surface area contributed by atoms with Crippen LogP contribution in [0.25, 0.3) is 0 Å². The van der Waals surface area contributed by atoms with Crippen LogP contribution >= 0.6 is 0 Å². The first-order valence-electron chi connectivity index (χ1n) is 7.88. The number of nitrogens with zero attached hydrogens (tertiary/aromatic N) is 3. The molecule has 0 amide bonds. The summed E-state index contributed by atoms with van der Waals surface area (Å²) in [6.45, 7) is 2.01. The molecular weight excluding hydrogens is 321 g/mol. The second-order valence-corrected chi connectivity index (χ2v) is 6.30. The first-order chi connectivity index (χ1) is 11.9. The smallest absolute Gasteiger partial charge is 0.204 e. The topological polar surface area (TPSA) is 76.7 Å². The molecule has 1 N–H and O–H groups in total.